The summed E-state index contributed by atoms with van der Waals surface area (Å²) >= 11 is 0. The maximum atomic E-state index is 11.1. The number of nitrogens with one attached hydrogen (secondary N) is 1. The average molecular weight is 350 g/mol. The fourth-order valence-corrected chi connectivity index (χ4v) is 2.86. The van der Waals surface area contributed by atoms with Gasteiger partial charge in [0.1, 0.15) is 0 Å². The lowest BCUT2D eigenvalue weighted by molar-refractivity contribution is -0.385. The van der Waals surface area contributed by atoms with Gasteiger partial charge in [-0.1, -0.05) is 25.5 Å². The van der Waals surface area contributed by atoms with Gasteiger partial charge in [-0.2, -0.15) is 0 Å². The maximum Gasteiger partial charge on any atom is 0.272 e. The first-order valence-electron chi connectivity index (χ1n) is 7.33. The van der Waals surface area contributed by atoms with Crippen molar-refractivity contribution < 1.29 is 4.92 Å². The molecule has 0 saturated carbocycles. The van der Waals surface area contributed by atoms with E-state index in [9.17, 15) is 10.1 Å². The standard InChI is InChI=1S/C15H23N3O2.2ClH/c1-3-4-14(17-9-7-16-8-10-17)13-6-5-12(2)15(11-13)18(19)20;;/h5-6,11,14,16H,3-4,7-10H2,1-2H3;2*1H/t14-;;/m0../s1. The minimum absolute atomic E-state index is 0. The SMILES string of the molecule is CCC[C@@H](c1ccc(C)c([N+](=O)[O-])c1)N1CCNCC1.Cl.Cl. The van der Waals surface area contributed by atoms with Crippen LogP contribution in [0, 0.1) is 17.0 Å². The molecule has 0 aromatic heterocycles. The van der Waals surface area contributed by atoms with Crippen molar-refractivity contribution in [3.05, 3.63) is 39.4 Å². The average Bonchev–Trinajstić information content (AvgIpc) is 2.46. The summed E-state index contributed by atoms with van der Waals surface area (Å²) in [6, 6.07) is 5.97. The number of piperazine rings is 1. The number of benzene rings is 1. The molecule has 1 aromatic carbocycles. The third-order valence-electron chi connectivity index (χ3n) is 3.97. The van der Waals surface area contributed by atoms with Crippen LogP contribution in [0.5, 0.6) is 0 Å². The van der Waals surface area contributed by atoms with Gasteiger partial charge in [-0.25, -0.2) is 0 Å². The normalized spacial score (nSPS) is 16.3. The van der Waals surface area contributed by atoms with Gasteiger partial charge < -0.3 is 5.32 Å². The first-order valence-corrected chi connectivity index (χ1v) is 7.33. The lowest BCUT2D eigenvalue weighted by Crippen LogP contribution is -2.45. The van der Waals surface area contributed by atoms with Crippen LogP contribution in [0.2, 0.25) is 0 Å². The van der Waals surface area contributed by atoms with Crippen LogP contribution in [0.25, 0.3) is 0 Å². The summed E-state index contributed by atoms with van der Waals surface area (Å²) in [5.41, 5.74) is 2.04. The molecule has 1 saturated heterocycles. The quantitative estimate of drug-likeness (QED) is 0.652. The number of aryl methyl sites for hydroxylation is 1. The van der Waals surface area contributed by atoms with Crippen molar-refractivity contribution in [3.63, 3.8) is 0 Å². The Morgan fingerprint density at radius 3 is 2.50 bits per heavy atom. The molecule has 1 aliphatic heterocycles. The molecule has 5 nitrogen and oxygen atoms in total. The molecule has 0 amide bonds. The third kappa shape index (κ3) is 5.09. The van der Waals surface area contributed by atoms with Crippen LogP contribution in [-0.4, -0.2) is 36.0 Å². The zero-order chi connectivity index (χ0) is 14.5. The van der Waals surface area contributed by atoms with Gasteiger partial charge in [-0.3, -0.25) is 15.0 Å². The van der Waals surface area contributed by atoms with Gasteiger partial charge in [0.25, 0.3) is 5.69 Å². The highest BCUT2D eigenvalue weighted by Crippen LogP contribution is 2.30. The highest BCUT2D eigenvalue weighted by atomic mass is 35.5. The number of hydrogen-bond donors (Lipinski definition) is 1. The third-order valence-corrected chi connectivity index (χ3v) is 3.97. The fourth-order valence-electron chi connectivity index (χ4n) is 2.86. The van der Waals surface area contributed by atoms with Gasteiger partial charge in [0.15, 0.2) is 0 Å². The summed E-state index contributed by atoms with van der Waals surface area (Å²) in [5.74, 6) is 0. The summed E-state index contributed by atoms with van der Waals surface area (Å²) in [4.78, 5) is 13.3. The van der Waals surface area contributed by atoms with Gasteiger partial charge >= 0.3 is 0 Å². The van der Waals surface area contributed by atoms with Gasteiger partial charge in [0.05, 0.1) is 4.92 Å². The molecule has 1 atom stereocenters. The predicted octanol–water partition coefficient (Wildman–Crippen LogP) is 3.49. The van der Waals surface area contributed by atoms with Crippen molar-refractivity contribution in [2.75, 3.05) is 26.2 Å². The fraction of sp³-hybridized carbons (Fsp3) is 0.600. The highest BCUT2D eigenvalue weighted by molar-refractivity contribution is 5.85. The lowest BCUT2D eigenvalue weighted by atomic mass is 9.98. The number of hydrogen-bond acceptors (Lipinski definition) is 4. The van der Waals surface area contributed by atoms with Gasteiger partial charge in [0, 0.05) is 43.9 Å². The molecule has 0 unspecified atom stereocenters. The zero-order valence-corrected chi connectivity index (χ0v) is 14.7. The van der Waals surface area contributed by atoms with Crippen molar-refractivity contribution >= 4 is 30.5 Å². The molecule has 0 aliphatic carbocycles. The molecular weight excluding hydrogens is 325 g/mol. The topological polar surface area (TPSA) is 58.4 Å². The van der Waals surface area contributed by atoms with E-state index in [0.717, 1.165) is 50.1 Å². The number of rotatable bonds is 5. The Morgan fingerprint density at radius 1 is 1.32 bits per heavy atom. The van der Waals surface area contributed by atoms with E-state index >= 15 is 0 Å². The summed E-state index contributed by atoms with van der Waals surface area (Å²) in [6.45, 7) is 7.96. The van der Waals surface area contributed by atoms with Crippen molar-refractivity contribution in [2.45, 2.75) is 32.7 Å². The van der Waals surface area contributed by atoms with Crippen LogP contribution >= 0.6 is 24.8 Å². The van der Waals surface area contributed by atoms with Crippen molar-refractivity contribution in [3.8, 4) is 0 Å². The Morgan fingerprint density at radius 2 is 1.95 bits per heavy atom. The Bertz CT molecular complexity index is 480. The predicted molar refractivity (Wildman–Crippen MR) is 94.4 cm³/mol. The summed E-state index contributed by atoms with van der Waals surface area (Å²) in [7, 11) is 0. The highest BCUT2D eigenvalue weighted by Gasteiger charge is 2.23. The molecule has 1 heterocycles. The second kappa shape index (κ2) is 10.0. The molecule has 1 fully saturated rings. The second-order valence-electron chi connectivity index (χ2n) is 5.39. The van der Waals surface area contributed by atoms with E-state index in [-0.39, 0.29) is 35.4 Å². The van der Waals surface area contributed by atoms with Gasteiger partial charge in [-0.05, 0) is 18.9 Å². The van der Waals surface area contributed by atoms with Crippen LogP contribution in [0.4, 0.5) is 5.69 Å². The second-order valence-corrected chi connectivity index (χ2v) is 5.39. The van der Waals surface area contributed by atoms with Crippen LogP contribution in [0.3, 0.4) is 0 Å². The molecule has 22 heavy (non-hydrogen) atoms. The van der Waals surface area contributed by atoms with Crippen LogP contribution in [0.15, 0.2) is 18.2 Å². The van der Waals surface area contributed by atoms with Crippen molar-refractivity contribution in [2.24, 2.45) is 0 Å². The monoisotopic (exact) mass is 349 g/mol. The molecule has 1 aliphatic rings. The molecule has 0 bridgehead atoms. The summed E-state index contributed by atoms with van der Waals surface area (Å²) < 4.78 is 0. The van der Waals surface area contributed by atoms with Gasteiger partial charge in [0.2, 0.25) is 0 Å². The molecule has 1 aromatic rings. The molecule has 0 spiro atoms. The van der Waals surface area contributed by atoms with Crippen LogP contribution in [-0.2, 0) is 0 Å². The van der Waals surface area contributed by atoms with Crippen molar-refractivity contribution in [1.82, 2.24) is 10.2 Å². The molecule has 126 valence electrons. The van der Waals surface area contributed by atoms with Crippen molar-refractivity contribution in [1.29, 1.82) is 0 Å². The minimum Gasteiger partial charge on any atom is -0.314 e. The van der Waals surface area contributed by atoms with E-state index in [1.807, 2.05) is 12.1 Å². The van der Waals surface area contributed by atoms with Crippen LogP contribution < -0.4 is 5.32 Å². The van der Waals surface area contributed by atoms with E-state index in [1.165, 1.54) is 0 Å². The smallest absolute Gasteiger partial charge is 0.272 e. The number of nitro benzene ring substituents is 1. The number of nitro groups is 1. The van der Waals surface area contributed by atoms with Crippen LogP contribution in [0.1, 0.15) is 36.9 Å². The Hall–Kier alpha value is -0.880. The Labute approximate surface area is 144 Å². The summed E-state index contributed by atoms with van der Waals surface area (Å²) in [5, 5.41) is 14.5. The lowest BCUT2D eigenvalue weighted by Gasteiger charge is -2.35. The Balaban J connectivity index is 0.00000220. The first kappa shape index (κ1) is 21.1. The zero-order valence-electron chi connectivity index (χ0n) is 13.1. The molecule has 0 radical (unpaired) electrons. The van der Waals surface area contributed by atoms with E-state index in [2.05, 4.69) is 17.1 Å². The Kier molecular flexibility index (Phi) is 9.60. The maximum absolute atomic E-state index is 11.1. The van der Waals surface area contributed by atoms with E-state index in [4.69, 9.17) is 0 Å². The molecule has 7 heteroatoms. The largest absolute Gasteiger partial charge is 0.314 e. The number of nitrogens with zero attached hydrogens (tertiary/aromatic N) is 2. The number of halogens is 2. The summed E-state index contributed by atoms with van der Waals surface area (Å²) in [6.07, 6.45) is 2.12. The van der Waals surface area contributed by atoms with E-state index < -0.39 is 0 Å². The van der Waals surface area contributed by atoms with Gasteiger partial charge in [-0.15, -0.1) is 24.8 Å². The molecular formula is C15H25Cl2N3O2. The molecule has 1 N–H and O–H groups in total. The minimum atomic E-state index is -0.278. The molecule has 2 rings (SSSR count). The first-order chi connectivity index (χ1) is 9.63. The van der Waals surface area contributed by atoms with E-state index in [1.54, 1.807) is 13.0 Å². The van der Waals surface area contributed by atoms with E-state index in [0.29, 0.717) is 6.04 Å².